The largest absolute Gasteiger partial charge is 0.382 e. The Morgan fingerprint density at radius 2 is 2.00 bits per heavy atom. The van der Waals surface area contributed by atoms with Crippen molar-refractivity contribution in [1.82, 2.24) is 15.6 Å². The third-order valence-electron chi connectivity index (χ3n) is 3.40. The molecule has 146 valence electrons. The zero-order chi connectivity index (χ0) is 17.6. The van der Waals surface area contributed by atoms with E-state index in [2.05, 4.69) is 41.4 Å². The SMILES string of the molecule is CCNC(=NCCCOCCOC)NCCc1nc(CC)c(C)s1.I. The number of aromatic nitrogens is 1. The number of aryl methyl sites for hydroxylation is 2. The van der Waals surface area contributed by atoms with E-state index < -0.39 is 0 Å². The molecule has 0 aliphatic carbocycles. The summed E-state index contributed by atoms with van der Waals surface area (Å²) in [5.74, 6) is 0.860. The van der Waals surface area contributed by atoms with Crippen LogP contribution in [0.15, 0.2) is 4.99 Å². The Balaban J connectivity index is 0.00000576. The summed E-state index contributed by atoms with van der Waals surface area (Å²) in [6, 6.07) is 0. The van der Waals surface area contributed by atoms with Crippen molar-refractivity contribution in [3.8, 4) is 0 Å². The summed E-state index contributed by atoms with van der Waals surface area (Å²) in [4.78, 5) is 10.6. The zero-order valence-electron chi connectivity index (χ0n) is 15.9. The lowest BCUT2D eigenvalue weighted by molar-refractivity contribution is 0.0702. The average molecular weight is 484 g/mol. The Kier molecular flexibility index (Phi) is 15.5. The average Bonchev–Trinajstić information content (AvgIpc) is 2.93. The van der Waals surface area contributed by atoms with Crippen molar-refractivity contribution in [2.75, 3.05) is 46.6 Å². The van der Waals surface area contributed by atoms with Gasteiger partial charge in [0.1, 0.15) is 0 Å². The second-order valence-corrected chi connectivity index (χ2v) is 6.65. The lowest BCUT2D eigenvalue weighted by atomic mass is 10.3. The first kappa shape index (κ1) is 24.6. The summed E-state index contributed by atoms with van der Waals surface area (Å²) < 4.78 is 10.4. The lowest BCUT2D eigenvalue weighted by Crippen LogP contribution is -2.38. The van der Waals surface area contributed by atoms with Gasteiger partial charge >= 0.3 is 0 Å². The van der Waals surface area contributed by atoms with Crippen LogP contribution in [-0.4, -0.2) is 57.5 Å². The first-order chi connectivity index (χ1) is 11.7. The van der Waals surface area contributed by atoms with E-state index in [-0.39, 0.29) is 24.0 Å². The van der Waals surface area contributed by atoms with Crippen LogP contribution in [0.3, 0.4) is 0 Å². The van der Waals surface area contributed by atoms with Crippen LogP contribution >= 0.6 is 35.3 Å². The lowest BCUT2D eigenvalue weighted by Gasteiger charge is -2.10. The van der Waals surface area contributed by atoms with Crippen LogP contribution in [0.2, 0.25) is 0 Å². The number of ether oxygens (including phenoxy) is 2. The molecule has 0 aromatic carbocycles. The fourth-order valence-corrected chi connectivity index (χ4v) is 3.18. The number of rotatable bonds is 12. The number of hydrogen-bond donors (Lipinski definition) is 2. The summed E-state index contributed by atoms with van der Waals surface area (Å²) in [6.07, 6.45) is 2.84. The molecule has 0 aliphatic rings. The normalized spacial score (nSPS) is 11.3. The Labute approximate surface area is 173 Å². The maximum atomic E-state index is 5.44. The summed E-state index contributed by atoms with van der Waals surface area (Å²) in [6.45, 7) is 10.8. The third kappa shape index (κ3) is 11.0. The van der Waals surface area contributed by atoms with Crippen molar-refractivity contribution >= 4 is 41.3 Å². The van der Waals surface area contributed by atoms with Gasteiger partial charge in [-0.3, -0.25) is 4.99 Å². The van der Waals surface area contributed by atoms with Crippen LogP contribution in [0.1, 0.15) is 35.8 Å². The summed E-state index contributed by atoms with van der Waals surface area (Å²) in [5.41, 5.74) is 1.23. The van der Waals surface area contributed by atoms with Gasteiger partial charge in [-0.15, -0.1) is 35.3 Å². The molecule has 0 bridgehead atoms. The molecule has 0 saturated carbocycles. The molecule has 0 unspecified atom stereocenters. The van der Waals surface area contributed by atoms with Crippen LogP contribution in [0.5, 0.6) is 0 Å². The van der Waals surface area contributed by atoms with Crippen molar-refractivity contribution in [3.63, 3.8) is 0 Å². The molecular formula is C17H33IN4O2S. The highest BCUT2D eigenvalue weighted by molar-refractivity contribution is 14.0. The van der Waals surface area contributed by atoms with Crippen molar-refractivity contribution < 1.29 is 9.47 Å². The van der Waals surface area contributed by atoms with E-state index in [1.807, 2.05) is 0 Å². The number of nitrogens with one attached hydrogen (secondary N) is 2. The second kappa shape index (κ2) is 15.8. The Morgan fingerprint density at radius 3 is 2.64 bits per heavy atom. The number of aliphatic imine (C=N–C) groups is 1. The van der Waals surface area contributed by atoms with Gasteiger partial charge < -0.3 is 20.1 Å². The van der Waals surface area contributed by atoms with Crippen molar-refractivity contribution in [2.24, 2.45) is 4.99 Å². The molecule has 0 atom stereocenters. The maximum absolute atomic E-state index is 5.44. The fraction of sp³-hybridized carbons (Fsp3) is 0.765. The molecule has 1 aromatic rings. The van der Waals surface area contributed by atoms with E-state index in [0.29, 0.717) is 19.8 Å². The number of thiazole rings is 1. The summed E-state index contributed by atoms with van der Waals surface area (Å²) in [7, 11) is 1.68. The minimum Gasteiger partial charge on any atom is -0.382 e. The minimum absolute atomic E-state index is 0. The zero-order valence-corrected chi connectivity index (χ0v) is 19.0. The van der Waals surface area contributed by atoms with Crippen molar-refractivity contribution in [1.29, 1.82) is 0 Å². The first-order valence-corrected chi connectivity index (χ1v) is 9.56. The topological polar surface area (TPSA) is 67.8 Å². The molecule has 6 nitrogen and oxygen atoms in total. The number of halogens is 1. The Bertz CT molecular complexity index is 483. The van der Waals surface area contributed by atoms with E-state index in [9.17, 15) is 0 Å². The molecule has 0 aliphatic heterocycles. The van der Waals surface area contributed by atoms with Crippen LogP contribution in [0.4, 0.5) is 0 Å². The number of nitrogens with zero attached hydrogens (tertiary/aromatic N) is 2. The molecule has 0 spiro atoms. The van der Waals surface area contributed by atoms with Crippen molar-refractivity contribution in [2.45, 2.75) is 40.0 Å². The molecule has 1 heterocycles. The maximum Gasteiger partial charge on any atom is 0.191 e. The van der Waals surface area contributed by atoms with Gasteiger partial charge in [0.2, 0.25) is 0 Å². The minimum atomic E-state index is 0. The summed E-state index contributed by atoms with van der Waals surface area (Å²) in [5, 5.41) is 7.83. The number of guanidine groups is 1. The van der Waals surface area contributed by atoms with Gasteiger partial charge in [-0.1, -0.05) is 6.92 Å². The molecule has 1 rings (SSSR count). The third-order valence-corrected chi connectivity index (χ3v) is 4.47. The molecule has 0 amide bonds. The predicted octanol–water partition coefficient (Wildman–Crippen LogP) is 2.78. The van der Waals surface area contributed by atoms with E-state index in [4.69, 9.17) is 9.47 Å². The summed E-state index contributed by atoms with van der Waals surface area (Å²) >= 11 is 1.80. The standard InChI is InChI=1S/C17H32N4O2S.HI/c1-5-15-14(3)24-16(21-15)8-10-20-17(18-6-2)19-9-7-11-23-13-12-22-4;/h5-13H2,1-4H3,(H2,18,19,20);1H. The van der Waals surface area contributed by atoms with Gasteiger partial charge in [0.05, 0.1) is 23.9 Å². The van der Waals surface area contributed by atoms with E-state index >= 15 is 0 Å². The molecule has 0 fully saturated rings. The highest BCUT2D eigenvalue weighted by atomic mass is 127. The van der Waals surface area contributed by atoms with E-state index in [0.717, 1.165) is 44.9 Å². The fourth-order valence-electron chi connectivity index (χ4n) is 2.15. The molecule has 1 aromatic heterocycles. The molecule has 2 N–H and O–H groups in total. The van der Waals surface area contributed by atoms with E-state index in [1.54, 1.807) is 18.4 Å². The van der Waals surface area contributed by atoms with Crippen molar-refractivity contribution in [3.05, 3.63) is 15.6 Å². The van der Waals surface area contributed by atoms with Crippen LogP contribution in [-0.2, 0) is 22.3 Å². The molecular weight excluding hydrogens is 451 g/mol. The van der Waals surface area contributed by atoms with Crippen LogP contribution < -0.4 is 10.6 Å². The van der Waals surface area contributed by atoms with Gasteiger partial charge in [-0.2, -0.15) is 0 Å². The monoisotopic (exact) mass is 484 g/mol. The smallest absolute Gasteiger partial charge is 0.191 e. The number of hydrogen-bond acceptors (Lipinski definition) is 5. The van der Waals surface area contributed by atoms with E-state index in [1.165, 1.54) is 15.6 Å². The molecule has 25 heavy (non-hydrogen) atoms. The molecule has 0 saturated heterocycles. The first-order valence-electron chi connectivity index (χ1n) is 8.75. The number of methoxy groups -OCH3 is 1. The highest BCUT2D eigenvalue weighted by Crippen LogP contribution is 2.17. The quantitative estimate of drug-likeness (QED) is 0.207. The van der Waals surface area contributed by atoms with Crippen LogP contribution in [0, 0.1) is 6.92 Å². The predicted molar refractivity (Wildman–Crippen MR) is 117 cm³/mol. The molecule has 8 heteroatoms. The van der Waals surface area contributed by atoms with Gasteiger partial charge in [-0.05, 0) is 26.7 Å². The second-order valence-electron chi connectivity index (χ2n) is 5.36. The Morgan fingerprint density at radius 1 is 1.20 bits per heavy atom. The van der Waals surface area contributed by atoms with Crippen LogP contribution in [0.25, 0.3) is 0 Å². The van der Waals surface area contributed by atoms with Gasteiger partial charge in [0, 0.05) is 44.6 Å². The Hall–Kier alpha value is -0.450. The highest BCUT2D eigenvalue weighted by Gasteiger charge is 2.06. The molecule has 0 radical (unpaired) electrons. The van der Waals surface area contributed by atoms with Gasteiger partial charge in [0.15, 0.2) is 5.96 Å². The van der Waals surface area contributed by atoms with Gasteiger partial charge in [-0.25, -0.2) is 4.98 Å². The van der Waals surface area contributed by atoms with Gasteiger partial charge in [0.25, 0.3) is 0 Å².